The molecule has 0 radical (unpaired) electrons. The Kier molecular flexibility index (Phi) is 8.17. The van der Waals surface area contributed by atoms with Gasteiger partial charge >= 0.3 is 0 Å². The number of morpholine rings is 1. The lowest BCUT2D eigenvalue weighted by Crippen LogP contribution is -2.36. The highest BCUT2D eigenvalue weighted by molar-refractivity contribution is 9.10. The van der Waals surface area contributed by atoms with Gasteiger partial charge in [-0.25, -0.2) is 0 Å². The zero-order valence-corrected chi connectivity index (χ0v) is 20.5. The summed E-state index contributed by atoms with van der Waals surface area (Å²) < 4.78 is 17.3. The van der Waals surface area contributed by atoms with Crippen molar-refractivity contribution < 1.29 is 19.0 Å². The quantitative estimate of drug-likeness (QED) is 0.417. The number of benzene rings is 3. The highest BCUT2D eigenvalue weighted by Crippen LogP contribution is 2.36. The Labute approximate surface area is 207 Å². The molecule has 1 aliphatic heterocycles. The number of rotatable bonds is 8. The van der Waals surface area contributed by atoms with E-state index in [1.807, 2.05) is 54.6 Å². The van der Waals surface area contributed by atoms with Crippen LogP contribution >= 0.6 is 15.9 Å². The minimum Gasteiger partial charge on any atom is -0.493 e. The molecule has 176 valence electrons. The zero-order valence-electron chi connectivity index (χ0n) is 18.9. The number of aliphatic imine (C=N–C) groups is 1. The van der Waals surface area contributed by atoms with Crippen molar-refractivity contribution in [2.24, 2.45) is 4.99 Å². The van der Waals surface area contributed by atoms with E-state index in [9.17, 15) is 4.79 Å². The molecule has 1 heterocycles. The van der Waals surface area contributed by atoms with E-state index in [0.717, 1.165) is 37.6 Å². The fourth-order valence-corrected chi connectivity index (χ4v) is 4.10. The van der Waals surface area contributed by atoms with Crippen molar-refractivity contribution in [2.45, 2.75) is 0 Å². The first-order valence-electron chi connectivity index (χ1n) is 10.9. The molecule has 0 atom stereocenters. The van der Waals surface area contributed by atoms with E-state index in [4.69, 9.17) is 14.2 Å². The van der Waals surface area contributed by atoms with E-state index in [0.29, 0.717) is 21.7 Å². The Balaban J connectivity index is 1.39. The molecule has 1 saturated heterocycles. The van der Waals surface area contributed by atoms with Crippen molar-refractivity contribution >= 4 is 45.1 Å². The van der Waals surface area contributed by atoms with Gasteiger partial charge < -0.3 is 24.4 Å². The Bertz CT molecular complexity index is 1130. The molecule has 0 unspecified atom stereocenters. The number of amides is 1. The first kappa shape index (κ1) is 23.8. The van der Waals surface area contributed by atoms with Gasteiger partial charge in [0.05, 0.1) is 30.5 Å². The standard InChI is InChI=1S/C26H26BrN3O4/c1-32-24-16-19(17-28-20-7-9-22(10-8-20)30-11-13-33-14-12-30)15-23(27)26(24)34-18-25(31)29-21-5-3-2-4-6-21/h2-10,15-17H,11-14,18H2,1H3,(H,29,31). The summed E-state index contributed by atoms with van der Waals surface area (Å²) in [5.74, 6) is 0.704. The van der Waals surface area contributed by atoms with E-state index in [-0.39, 0.29) is 12.5 Å². The summed E-state index contributed by atoms with van der Waals surface area (Å²) in [6.45, 7) is 3.17. The summed E-state index contributed by atoms with van der Waals surface area (Å²) in [5, 5.41) is 2.79. The Hall–Kier alpha value is -3.36. The van der Waals surface area contributed by atoms with Gasteiger partial charge in [0.25, 0.3) is 5.91 Å². The molecular weight excluding hydrogens is 498 g/mol. The highest BCUT2D eigenvalue weighted by Gasteiger charge is 2.14. The number of nitrogens with zero attached hydrogens (tertiary/aromatic N) is 2. The number of ether oxygens (including phenoxy) is 3. The summed E-state index contributed by atoms with van der Waals surface area (Å²) in [7, 11) is 1.56. The first-order valence-corrected chi connectivity index (χ1v) is 11.7. The molecule has 0 spiro atoms. The topological polar surface area (TPSA) is 72.4 Å². The average molecular weight is 524 g/mol. The Morgan fingerprint density at radius 1 is 1.12 bits per heavy atom. The summed E-state index contributed by atoms with van der Waals surface area (Å²) in [5.41, 5.74) is 3.57. The summed E-state index contributed by atoms with van der Waals surface area (Å²) in [4.78, 5) is 19.1. The van der Waals surface area contributed by atoms with Crippen LogP contribution in [0.1, 0.15) is 5.56 Å². The molecule has 3 aromatic carbocycles. The number of anilines is 2. The fraction of sp³-hybridized carbons (Fsp3) is 0.231. The van der Waals surface area contributed by atoms with E-state index in [1.165, 1.54) is 5.69 Å². The maximum Gasteiger partial charge on any atom is 0.262 e. The van der Waals surface area contributed by atoms with Crippen LogP contribution in [0.3, 0.4) is 0 Å². The zero-order chi connectivity index (χ0) is 23.8. The van der Waals surface area contributed by atoms with Gasteiger partial charge in [0.2, 0.25) is 0 Å². The van der Waals surface area contributed by atoms with Crippen LogP contribution in [0.2, 0.25) is 0 Å². The highest BCUT2D eigenvalue weighted by atomic mass is 79.9. The number of carbonyl (C=O) groups is 1. The van der Waals surface area contributed by atoms with Gasteiger partial charge in [-0.2, -0.15) is 0 Å². The average Bonchev–Trinajstić information content (AvgIpc) is 2.88. The van der Waals surface area contributed by atoms with Gasteiger partial charge in [-0.15, -0.1) is 0 Å². The third-order valence-corrected chi connectivity index (χ3v) is 5.83. The van der Waals surface area contributed by atoms with Crippen molar-refractivity contribution in [3.8, 4) is 11.5 Å². The van der Waals surface area contributed by atoms with Gasteiger partial charge in [0, 0.05) is 30.7 Å². The second-order valence-corrected chi connectivity index (χ2v) is 8.47. The van der Waals surface area contributed by atoms with Crippen LogP contribution in [0, 0.1) is 0 Å². The molecule has 1 aliphatic rings. The second-order valence-electron chi connectivity index (χ2n) is 7.61. The predicted octanol–water partition coefficient (Wildman–Crippen LogP) is 5.06. The molecule has 34 heavy (non-hydrogen) atoms. The second kappa shape index (κ2) is 11.7. The van der Waals surface area contributed by atoms with Crippen LogP contribution in [-0.2, 0) is 9.53 Å². The minimum absolute atomic E-state index is 0.146. The third kappa shape index (κ3) is 6.36. The van der Waals surface area contributed by atoms with Crippen molar-refractivity contribution in [3.05, 3.63) is 76.8 Å². The number of halogens is 1. The van der Waals surface area contributed by atoms with Crippen LogP contribution in [0.4, 0.5) is 17.1 Å². The van der Waals surface area contributed by atoms with Gasteiger partial charge in [0.15, 0.2) is 18.1 Å². The smallest absolute Gasteiger partial charge is 0.262 e. The van der Waals surface area contributed by atoms with Crippen LogP contribution in [-0.4, -0.2) is 52.1 Å². The number of para-hydroxylation sites is 1. The lowest BCUT2D eigenvalue weighted by Gasteiger charge is -2.28. The summed E-state index contributed by atoms with van der Waals surface area (Å²) in [6.07, 6.45) is 1.77. The molecular formula is C26H26BrN3O4. The molecule has 7 nitrogen and oxygen atoms in total. The van der Waals surface area contributed by atoms with Gasteiger partial charge in [-0.1, -0.05) is 18.2 Å². The molecule has 3 aromatic rings. The molecule has 1 amide bonds. The number of carbonyl (C=O) groups excluding carboxylic acids is 1. The van der Waals surface area contributed by atoms with E-state index >= 15 is 0 Å². The van der Waals surface area contributed by atoms with Gasteiger partial charge in [0.1, 0.15) is 0 Å². The first-order chi connectivity index (χ1) is 16.6. The fourth-order valence-electron chi connectivity index (χ4n) is 3.53. The molecule has 4 rings (SSSR count). The molecule has 0 saturated carbocycles. The van der Waals surface area contributed by atoms with Gasteiger partial charge in [-0.05, 0) is 70.0 Å². The molecule has 8 heteroatoms. The van der Waals surface area contributed by atoms with Crippen LogP contribution in [0.25, 0.3) is 0 Å². The summed E-state index contributed by atoms with van der Waals surface area (Å²) >= 11 is 3.52. The van der Waals surface area contributed by atoms with Crippen molar-refractivity contribution in [3.63, 3.8) is 0 Å². The largest absolute Gasteiger partial charge is 0.493 e. The lowest BCUT2D eigenvalue weighted by molar-refractivity contribution is -0.118. The van der Waals surface area contributed by atoms with Crippen molar-refractivity contribution in [1.82, 2.24) is 0 Å². The Morgan fingerprint density at radius 2 is 1.85 bits per heavy atom. The Morgan fingerprint density at radius 3 is 2.56 bits per heavy atom. The van der Waals surface area contributed by atoms with Crippen LogP contribution in [0.5, 0.6) is 11.5 Å². The lowest BCUT2D eigenvalue weighted by atomic mass is 10.2. The van der Waals surface area contributed by atoms with Crippen molar-refractivity contribution in [2.75, 3.05) is 50.2 Å². The van der Waals surface area contributed by atoms with Crippen molar-refractivity contribution in [1.29, 1.82) is 0 Å². The SMILES string of the molecule is COc1cc(C=Nc2ccc(N3CCOCC3)cc2)cc(Br)c1OCC(=O)Nc1ccccc1. The number of methoxy groups -OCH3 is 1. The molecule has 1 N–H and O–H groups in total. The monoisotopic (exact) mass is 523 g/mol. The molecule has 1 fully saturated rings. The maximum absolute atomic E-state index is 12.2. The maximum atomic E-state index is 12.2. The molecule has 0 bridgehead atoms. The predicted molar refractivity (Wildman–Crippen MR) is 138 cm³/mol. The number of nitrogens with one attached hydrogen (secondary N) is 1. The van der Waals surface area contributed by atoms with Gasteiger partial charge in [-0.3, -0.25) is 9.79 Å². The molecule has 0 aromatic heterocycles. The number of hydrogen-bond donors (Lipinski definition) is 1. The van der Waals surface area contributed by atoms with E-state index < -0.39 is 0 Å². The van der Waals surface area contributed by atoms with E-state index in [1.54, 1.807) is 13.3 Å². The van der Waals surface area contributed by atoms with E-state index in [2.05, 4.69) is 43.3 Å². The third-order valence-electron chi connectivity index (χ3n) is 5.25. The van der Waals surface area contributed by atoms with Crippen LogP contribution in [0.15, 0.2) is 76.2 Å². The number of hydrogen-bond acceptors (Lipinski definition) is 6. The summed E-state index contributed by atoms with van der Waals surface area (Å²) in [6, 6.07) is 21.1. The minimum atomic E-state index is -0.258. The normalized spacial score (nSPS) is 13.6. The van der Waals surface area contributed by atoms with Crippen LogP contribution < -0.4 is 19.7 Å². The molecule has 0 aliphatic carbocycles.